The summed E-state index contributed by atoms with van der Waals surface area (Å²) < 4.78 is 7.05. The molecule has 0 aliphatic carbocycles. The zero-order valence-corrected chi connectivity index (χ0v) is 14.4. The van der Waals surface area contributed by atoms with Crippen LogP contribution in [0, 0.1) is 0 Å². The first kappa shape index (κ1) is 15.4. The van der Waals surface area contributed by atoms with Crippen molar-refractivity contribution >= 4 is 38.9 Å². The summed E-state index contributed by atoms with van der Waals surface area (Å²) in [5, 5.41) is 1.60. The Hall–Kier alpha value is -2.11. The van der Waals surface area contributed by atoms with Crippen LogP contribution in [-0.2, 0) is 0 Å². The minimum Gasteiger partial charge on any atom is -0.487 e. The van der Waals surface area contributed by atoms with Crippen LogP contribution >= 0.6 is 22.9 Å². The average molecular weight is 359 g/mol. The standard InChI is InChI=1S/C18H15ClN2O2S/c19-14-10-20-7-5-15(14)23-13-6-8-21(11-13)18(22)17-9-12-3-1-2-4-16(12)24-17/h1-5,7,9-10,13H,6,8,11H2/t13-/m0/s1. The number of carbonyl (C=O) groups excluding carboxylic acids is 1. The molecular formula is C18H15ClN2O2S. The fourth-order valence-corrected chi connectivity index (χ4v) is 4.08. The predicted octanol–water partition coefficient (Wildman–Crippen LogP) is 4.24. The fraction of sp³-hybridized carbons (Fsp3) is 0.222. The molecule has 0 radical (unpaired) electrons. The predicted molar refractivity (Wildman–Crippen MR) is 96.0 cm³/mol. The van der Waals surface area contributed by atoms with Crippen LogP contribution in [0.3, 0.4) is 0 Å². The molecule has 3 heterocycles. The molecule has 0 saturated carbocycles. The molecular weight excluding hydrogens is 344 g/mol. The topological polar surface area (TPSA) is 42.4 Å². The molecule has 1 aromatic carbocycles. The van der Waals surface area contributed by atoms with Gasteiger partial charge in [-0.25, -0.2) is 0 Å². The molecule has 122 valence electrons. The molecule has 1 saturated heterocycles. The molecule has 1 fully saturated rings. The van der Waals surface area contributed by atoms with Crippen molar-refractivity contribution in [1.82, 2.24) is 9.88 Å². The Morgan fingerprint density at radius 3 is 3.04 bits per heavy atom. The van der Waals surface area contributed by atoms with E-state index in [0.717, 1.165) is 21.4 Å². The first-order chi connectivity index (χ1) is 11.7. The number of aromatic nitrogens is 1. The fourth-order valence-electron chi connectivity index (χ4n) is 2.89. The highest BCUT2D eigenvalue weighted by molar-refractivity contribution is 7.20. The lowest BCUT2D eigenvalue weighted by Crippen LogP contribution is -2.30. The van der Waals surface area contributed by atoms with Crippen molar-refractivity contribution in [3.05, 3.63) is 58.7 Å². The van der Waals surface area contributed by atoms with Crippen LogP contribution in [0.25, 0.3) is 10.1 Å². The number of halogens is 1. The zero-order chi connectivity index (χ0) is 16.5. The van der Waals surface area contributed by atoms with E-state index in [2.05, 4.69) is 4.98 Å². The first-order valence-corrected chi connectivity index (χ1v) is 8.94. The Labute approximate surface area is 148 Å². The minimum atomic E-state index is -0.0387. The van der Waals surface area contributed by atoms with E-state index in [1.807, 2.05) is 35.2 Å². The number of likely N-dealkylation sites (tertiary alicyclic amines) is 1. The molecule has 1 aliphatic heterocycles. The maximum Gasteiger partial charge on any atom is 0.264 e. The van der Waals surface area contributed by atoms with E-state index in [1.54, 1.807) is 18.5 Å². The van der Waals surface area contributed by atoms with Crippen molar-refractivity contribution in [2.45, 2.75) is 12.5 Å². The van der Waals surface area contributed by atoms with Crippen molar-refractivity contribution in [2.75, 3.05) is 13.1 Å². The molecule has 0 bridgehead atoms. The van der Waals surface area contributed by atoms with E-state index < -0.39 is 0 Å². The lowest BCUT2D eigenvalue weighted by Gasteiger charge is -2.17. The monoisotopic (exact) mass is 358 g/mol. The Balaban J connectivity index is 1.46. The van der Waals surface area contributed by atoms with Crippen LogP contribution in [0.5, 0.6) is 5.75 Å². The van der Waals surface area contributed by atoms with Gasteiger partial charge in [0.25, 0.3) is 5.91 Å². The average Bonchev–Trinajstić information content (AvgIpc) is 3.23. The highest BCUT2D eigenvalue weighted by Gasteiger charge is 2.29. The van der Waals surface area contributed by atoms with E-state index in [0.29, 0.717) is 23.9 Å². The summed E-state index contributed by atoms with van der Waals surface area (Å²) in [7, 11) is 0. The van der Waals surface area contributed by atoms with Gasteiger partial charge in [0, 0.05) is 36.1 Å². The molecule has 0 N–H and O–H groups in total. The van der Waals surface area contributed by atoms with Crippen molar-refractivity contribution in [3.8, 4) is 5.75 Å². The third-order valence-electron chi connectivity index (χ3n) is 4.10. The number of rotatable bonds is 3. The Morgan fingerprint density at radius 1 is 1.33 bits per heavy atom. The largest absolute Gasteiger partial charge is 0.487 e. The minimum absolute atomic E-state index is 0.0387. The maximum atomic E-state index is 12.7. The number of hydrogen-bond donors (Lipinski definition) is 0. The van der Waals surface area contributed by atoms with E-state index in [9.17, 15) is 4.79 Å². The van der Waals surface area contributed by atoms with Crippen LogP contribution in [0.4, 0.5) is 0 Å². The molecule has 1 amide bonds. The summed E-state index contributed by atoms with van der Waals surface area (Å²) in [5.41, 5.74) is 0. The molecule has 6 heteroatoms. The van der Waals surface area contributed by atoms with Crippen LogP contribution in [0.15, 0.2) is 48.8 Å². The molecule has 1 atom stereocenters. The van der Waals surface area contributed by atoms with Gasteiger partial charge in [-0.05, 0) is 17.5 Å². The number of amides is 1. The van der Waals surface area contributed by atoms with Gasteiger partial charge in [0.1, 0.15) is 16.9 Å². The van der Waals surface area contributed by atoms with E-state index in [-0.39, 0.29) is 12.0 Å². The molecule has 1 aliphatic rings. The number of carbonyl (C=O) groups is 1. The highest BCUT2D eigenvalue weighted by atomic mass is 35.5. The first-order valence-electron chi connectivity index (χ1n) is 7.75. The van der Waals surface area contributed by atoms with Crippen molar-refractivity contribution in [2.24, 2.45) is 0 Å². The van der Waals surface area contributed by atoms with Gasteiger partial charge in [0.15, 0.2) is 0 Å². The van der Waals surface area contributed by atoms with Gasteiger partial charge in [-0.2, -0.15) is 0 Å². The van der Waals surface area contributed by atoms with E-state index >= 15 is 0 Å². The molecule has 4 nitrogen and oxygen atoms in total. The summed E-state index contributed by atoms with van der Waals surface area (Å²) >= 11 is 7.61. The van der Waals surface area contributed by atoms with Crippen LogP contribution < -0.4 is 4.74 Å². The normalized spacial score (nSPS) is 17.4. The van der Waals surface area contributed by atoms with Gasteiger partial charge in [-0.1, -0.05) is 29.8 Å². The second-order valence-corrected chi connectivity index (χ2v) is 7.23. The molecule has 2 aromatic heterocycles. The molecule has 0 spiro atoms. The lowest BCUT2D eigenvalue weighted by atomic mass is 10.2. The molecule has 4 rings (SSSR count). The highest BCUT2D eigenvalue weighted by Crippen LogP contribution is 2.29. The quantitative estimate of drug-likeness (QED) is 0.703. The third-order valence-corrected chi connectivity index (χ3v) is 5.49. The van der Waals surface area contributed by atoms with Crippen LogP contribution in [0.2, 0.25) is 5.02 Å². The zero-order valence-electron chi connectivity index (χ0n) is 12.8. The van der Waals surface area contributed by atoms with Crippen molar-refractivity contribution < 1.29 is 9.53 Å². The Kier molecular flexibility index (Phi) is 4.12. The van der Waals surface area contributed by atoms with Gasteiger partial charge in [0.05, 0.1) is 11.4 Å². The van der Waals surface area contributed by atoms with Gasteiger partial charge < -0.3 is 9.64 Å². The Bertz CT molecular complexity index is 862. The number of benzene rings is 1. The van der Waals surface area contributed by atoms with Crippen LogP contribution in [0.1, 0.15) is 16.1 Å². The number of fused-ring (bicyclic) bond motifs is 1. The summed E-state index contributed by atoms with van der Waals surface area (Å²) in [6, 6.07) is 11.8. The van der Waals surface area contributed by atoms with E-state index in [4.69, 9.17) is 16.3 Å². The summed E-state index contributed by atoms with van der Waals surface area (Å²) in [5.74, 6) is 0.691. The Morgan fingerprint density at radius 2 is 2.21 bits per heavy atom. The van der Waals surface area contributed by atoms with Crippen molar-refractivity contribution in [1.29, 1.82) is 0 Å². The molecule has 0 unspecified atom stereocenters. The molecule has 24 heavy (non-hydrogen) atoms. The summed E-state index contributed by atoms with van der Waals surface area (Å²) in [4.78, 5) is 19.3. The second-order valence-electron chi connectivity index (χ2n) is 5.73. The summed E-state index contributed by atoms with van der Waals surface area (Å²) in [6.07, 6.45) is 3.97. The SMILES string of the molecule is O=C(c1cc2ccccc2s1)N1CC[C@H](Oc2ccncc2Cl)C1. The number of nitrogens with zero attached hydrogens (tertiary/aromatic N) is 2. The summed E-state index contributed by atoms with van der Waals surface area (Å²) in [6.45, 7) is 1.27. The number of hydrogen-bond acceptors (Lipinski definition) is 4. The van der Waals surface area contributed by atoms with Gasteiger partial charge in [0.2, 0.25) is 0 Å². The number of pyridine rings is 1. The van der Waals surface area contributed by atoms with Gasteiger partial charge >= 0.3 is 0 Å². The third kappa shape index (κ3) is 2.97. The lowest BCUT2D eigenvalue weighted by molar-refractivity contribution is 0.0777. The second kappa shape index (κ2) is 6.42. The van der Waals surface area contributed by atoms with Gasteiger partial charge in [-0.15, -0.1) is 11.3 Å². The van der Waals surface area contributed by atoms with Crippen molar-refractivity contribution in [3.63, 3.8) is 0 Å². The molecule has 3 aromatic rings. The number of ether oxygens (including phenoxy) is 1. The smallest absolute Gasteiger partial charge is 0.264 e. The number of thiophene rings is 1. The van der Waals surface area contributed by atoms with E-state index in [1.165, 1.54) is 11.3 Å². The van der Waals surface area contributed by atoms with Gasteiger partial charge in [-0.3, -0.25) is 9.78 Å². The maximum absolute atomic E-state index is 12.7. The van der Waals surface area contributed by atoms with Crippen LogP contribution in [-0.4, -0.2) is 35.0 Å².